The van der Waals surface area contributed by atoms with Gasteiger partial charge < -0.3 is 19.7 Å². The normalized spacial score (nSPS) is 54.1. The number of carbonyl (C=O) groups excluding carboxylic acids is 1. The topological polar surface area (TPSA) is 79.3 Å². The molecule has 4 aliphatic carbocycles. The van der Waals surface area contributed by atoms with Crippen LogP contribution in [0.5, 0.6) is 0 Å². The maximum absolute atomic E-state index is 13.3. The van der Waals surface area contributed by atoms with Crippen LogP contribution in [0.25, 0.3) is 0 Å². The SMILES string of the molecule is CC(C)[C@@]1([C@H]2OC(=O)[C@@H]([C@H]3CC[C@H]4C5=CC[C@H]6C[C@@H](O)CC[C@]6(C)C5=CC[C@]34C)[C@H]2O)O[C@H]1C. The van der Waals surface area contributed by atoms with Crippen LogP contribution in [0.15, 0.2) is 23.3 Å². The second kappa shape index (κ2) is 7.43. The molecule has 34 heavy (non-hydrogen) atoms. The summed E-state index contributed by atoms with van der Waals surface area (Å²) in [7, 11) is 0. The fraction of sp³-hybridized carbons (Fsp3) is 0.828. The van der Waals surface area contributed by atoms with E-state index < -0.39 is 23.7 Å². The van der Waals surface area contributed by atoms with Crippen LogP contribution in [0.3, 0.4) is 0 Å². The van der Waals surface area contributed by atoms with Crippen molar-refractivity contribution in [3.05, 3.63) is 23.3 Å². The smallest absolute Gasteiger partial charge is 0.312 e. The second-order valence-corrected chi connectivity index (χ2v) is 13.1. The van der Waals surface area contributed by atoms with Crippen molar-refractivity contribution in [2.75, 3.05) is 0 Å². The molecule has 0 bridgehead atoms. The number of fused-ring (bicyclic) bond motifs is 5. The summed E-state index contributed by atoms with van der Waals surface area (Å²) in [5.41, 5.74) is 2.58. The molecule has 2 saturated carbocycles. The van der Waals surface area contributed by atoms with E-state index in [1.54, 1.807) is 0 Å². The van der Waals surface area contributed by atoms with Crippen LogP contribution < -0.4 is 0 Å². The number of esters is 1. The molecule has 5 nitrogen and oxygen atoms in total. The van der Waals surface area contributed by atoms with Gasteiger partial charge in [-0.05, 0) is 97.5 Å². The lowest BCUT2D eigenvalue weighted by atomic mass is 9.51. The second-order valence-electron chi connectivity index (χ2n) is 13.1. The Kier molecular flexibility index (Phi) is 5.08. The highest BCUT2D eigenvalue weighted by Crippen LogP contribution is 2.66. The minimum Gasteiger partial charge on any atom is -0.456 e. The monoisotopic (exact) mass is 470 g/mol. The molecule has 4 fully saturated rings. The van der Waals surface area contributed by atoms with Gasteiger partial charge in [-0.15, -0.1) is 0 Å². The number of allylic oxidation sites excluding steroid dienone is 4. The van der Waals surface area contributed by atoms with Gasteiger partial charge >= 0.3 is 5.97 Å². The molecule has 0 aromatic rings. The largest absolute Gasteiger partial charge is 0.456 e. The minimum absolute atomic E-state index is 0.000816. The van der Waals surface area contributed by atoms with Crippen LogP contribution in [-0.2, 0) is 14.3 Å². The van der Waals surface area contributed by atoms with Gasteiger partial charge in [0.05, 0.1) is 18.1 Å². The van der Waals surface area contributed by atoms with Gasteiger partial charge in [0.1, 0.15) is 11.7 Å². The summed E-state index contributed by atoms with van der Waals surface area (Å²) in [5, 5.41) is 21.8. The summed E-state index contributed by atoms with van der Waals surface area (Å²) in [5.74, 6) is 0.535. The zero-order valence-electron chi connectivity index (χ0n) is 21.4. The number of epoxide rings is 1. The molecule has 2 N–H and O–H groups in total. The number of hydrogen-bond donors (Lipinski definition) is 2. The van der Waals surface area contributed by atoms with Gasteiger partial charge in [0, 0.05) is 0 Å². The van der Waals surface area contributed by atoms with E-state index in [1.165, 1.54) is 11.1 Å². The molecule has 2 aliphatic heterocycles. The molecular formula is C29H42O5. The number of ether oxygens (including phenoxy) is 2. The number of rotatable bonds is 3. The molecule has 0 aromatic carbocycles. The van der Waals surface area contributed by atoms with Gasteiger partial charge in [-0.3, -0.25) is 4.79 Å². The Morgan fingerprint density at radius 1 is 1.12 bits per heavy atom. The van der Waals surface area contributed by atoms with Gasteiger partial charge in [-0.2, -0.15) is 0 Å². The third-order valence-corrected chi connectivity index (χ3v) is 11.5. The van der Waals surface area contributed by atoms with E-state index in [2.05, 4.69) is 39.8 Å². The molecule has 0 unspecified atom stereocenters. The van der Waals surface area contributed by atoms with Gasteiger partial charge in [-0.1, -0.05) is 39.8 Å². The predicted molar refractivity (Wildman–Crippen MR) is 129 cm³/mol. The van der Waals surface area contributed by atoms with Crippen LogP contribution in [0.1, 0.15) is 79.6 Å². The molecule has 6 aliphatic rings. The van der Waals surface area contributed by atoms with Gasteiger partial charge in [0.25, 0.3) is 0 Å². The lowest BCUT2D eigenvalue weighted by molar-refractivity contribution is -0.149. The van der Waals surface area contributed by atoms with E-state index >= 15 is 0 Å². The quantitative estimate of drug-likeness (QED) is 0.467. The summed E-state index contributed by atoms with van der Waals surface area (Å²) < 4.78 is 11.9. The summed E-state index contributed by atoms with van der Waals surface area (Å²) in [6.45, 7) is 11.0. The first-order chi connectivity index (χ1) is 16.0. The molecule has 0 spiro atoms. The van der Waals surface area contributed by atoms with Gasteiger partial charge in [0.15, 0.2) is 6.10 Å². The van der Waals surface area contributed by atoms with E-state index in [4.69, 9.17) is 9.47 Å². The predicted octanol–water partition coefficient (Wildman–Crippen LogP) is 4.56. The Bertz CT molecular complexity index is 952. The Morgan fingerprint density at radius 2 is 1.85 bits per heavy atom. The highest BCUT2D eigenvalue weighted by Gasteiger charge is 2.70. The first-order valence-electron chi connectivity index (χ1n) is 13.7. The number of aliphatic hydroxyl groups is 2. The highest BCUT2D eigenvalue weighted by molar-refractivity contribution is 5.77. The summed E-state index contributed by atoms with van der Waals surface area (Å²) in [6.07, 6.45) is 10.2. The number of carbonyl (C=O) groups is 1. The molecule has 0 radical (unpaired) electrons. The van der Waals surface area contributed by atoms with Crippen LogP contribution in [-0.4, -0.2) is 46.2 Å². The third kappa shape index (κ3) is 2.87. The van der Waals surface area contributed by atoms with E-state index in [1.807, 2.05) is 6.92 Å². The van der Waals surface area contributed by atoms with Crippen LogP contribution >= 0.6 is 0 Å². The number of cyclic esters (lactones) is 1. The van der Waals surface area contributed by atoms with E-state index in [9.17, 15) is 15.0 Å². The van der Waals surface area contributed by atoms with Gasteiger partial charge in [0.2, 0.25) is 0 Å². The van der Waals surface area contributed by atoms with Crippen LogP contribution in [0, 0.1) is 40.4 Å². The average Bonchev–Trinajstić information content (AvgIpc) is 3.22. The van der Waals surface area contributed by atoms with Gasteiger partial charge in [-0.25, -0.2) is 0 Å². The zero-order valence-corrected chi connectivity index (χ0v) is 21.4. The van der Waals surface area contributed by atoms with Crippen molar-refractivity contribution < 1.29 is 24.5 Å². The van der Waals surface area contributed by atoms with Crippen molar-refractivity contribution in [2.24, 2.45) is 40.4 Å². The van der Waals surface area contributed by atoms with E-state index in [-0.39, 0.29) is 40.8 Å². The van der Waals surface area contributed by atoms with Crippen molar-refractivity contribution in [2.45, 2.75) is 110 Å². The maximum Gasteiger partial charge on any atom is 0.312 e. The van der Waals surface area contributed by atoms with Crippen molar-refractivity contribution in [1.29, 1.82) is 0 Å². The molecular weight excluding hydrogens is 428 g/mol. The van der Waals surface area contributed by atoms with E-state index in [0.29, 0.717) is 11.8 Å². The summed E-state index contributed by atoms with van der Waals surface area (Å²) >= 11 is 0. The molecule has 5 heteroatoms. The lowest BCUT2D eigenvalue weighted by Crippen LogP contribution is -2.48. The summed E-state index contributed by atoms with van der Waals surface area (Å²) in [4.78, 5) is 13.3. The molecule has 2 heterocycles. The van der Waals surface area contributed by atoms with Crippen LogP contribution in [0.4, 0.5) is 0 Å². The minimum atomic E-state index is -0.812. The zero-order chi connectivity index (χ0) is 24.2. The lowest BCUT2D eigenvalue weighted by Gasteiger charge is -2.53. The fourth-order valence-electron chi connectivity index (χ4n) is 9.32. The molecule has 188 valence electrons. The number of aliphatic hydroxyl groups excluding tert-OH is 2. The van der Waals surface area contributed by atoms with Crippen molar-refractivity contribution in [3.8, 4) is 0 Å². The first-order valence-corrected chi connectivity index (χ1v) is 13.7. The Labute approximate surface area is 204 Å². The molecule has 6 rings (SSSR count). The third-order valence-electron chi connectivity index (χ3n) is 11.5. The van der Waals surface area contributed by atoms with E-state index in [0.717, 1.165) is 44.9 Å². The van der Waals surface area contributed by atoms with Crippen molar-refractivity contribution in [1.82, 2.24) is 0 Å². The summed E-state index contributed by atoms with van der Waals surface area (Å²) in [6, 6.07) is 0. The standard InChI is InChI=1S/C29H42O5/c1-15(2)29(16(3)34-29)25-24(31)23(26(32)33-25)22-9-8-20-19-7-6-17-14-18(30)10-12-27(17,4)21(19)11-13-28(20,22)5/h7,11,15-18,20,22-25,30-31H,6,8-10,12-14H2,1-5H3/t16-,17-,18-,20-,22+,23-,24+,25-,27-,28-,29+/m0/s1. The average molecular weight is 471 g/mol. The Balaban J connectivity index is 1.29. The van der Waals surface area contributed by atoms with Crippen molar-refractivity contribution >= 4 is 5.97 Å². The van der Waals surface area contributed by atoms with Crippen molar-refractivity contribution in [3.63, 3.8) is 0 Å². The van der Waals surface area contributed by atoms with Crippen LogP contribution in [0.2, 0.25) is 0 Å². The number of hydrogen-bond acceptors (Lipinski definition) is 5. The molecule has 0 amide bonds. The Morgan fingerprint density at radius 3 is 2.53 bits per heavy atom. The maximum atomic E-state index is 13.3. The molecule has 2 saturated heterocycles. The molecule has 0 aromatic heterocycles. The highest BCUT2D eigenvalue weighted by atomic mass is 16.7. The Hall–Kier alpha value is -1.17. The molecule has 11 atom stereocenters. The fourth-order valence-corrected chi connectivity index (χ4v) is 9.32. The first kappa shape index (κ1) is 23.2.